The van der Waals surface area contributed by atoms with Crippen LogP contribution in [0, 0.1) is 0 Å². The standard InChI is InChI=1S/C13H15NO2S/c15-13-9-16-6-5-14(13)8-11-7-10-3-1-2-4-12(10)17-11/h1-4,11H,5-9H2. The summed E-state index contributed by atoms with van der Waals surface area (Å²) >= 11 is 1.90. The molecule has 0 bridgehead atoms. The first-order chi connectivity index (χ1) is 8.33. The first-order valence-corrected chi connectivity index (χ1v) is 6.81. The summed E-state index contributed by atoms with van der Waals surface area (Å²) in [6, 6.07) is 8.51. The molecule has 1 atom stereocenters. The molecule has 1 amide bonds. The third kappa shape index (κ3) is 2.33. The van der Waals surface area contributed by atoms with E-state index in [4.69, 9.17) is 4.74 Å². The maximum atomic E-state index is 11.6. The van der Waals surface area contributed by atoms with Gasteiger partial charge in [0.05, 0.1) is 6.61 Å². The van der Waals surface area contributed by atoms with E-state index in [-0.39, 0.29) is 12.5 Å². The van der Waals surface area contributed by atoms with E-state index in [2.05, 4.69) is 24.3 Å². The molecular formula is C13H15NO2S. The molecule has 1 fully saturated rings. The Morgan fingerprint density at radius 2 is 2.29 bits per heavy atom. The SMILES string of the molecule is O=C1COCCN1CC1Cc2ccccc2S1. The molecule has 2 heterocycles. The average Bonchev–Trinajstić information content (AvgIpc) is 2.74. The fraction of sp³-hybridized carbons (Fsp3) is 0.462. The monoisotopic (exact) mass is 249 g/mol. The molecule has 0 aromatic heterocycles. The summed E-state index contributed by atoms with van der Waals surface area (Å²) in [5.74, 6) is 0.132. The molecule has 17 heavy (non-hydrogen) atoms. The molecule has 2 aliphatic heterocycles. The zero-order chi connectivity index (χ0) is 11.7. The van der Waals surface area contributed by atoms with E-state index in [0.717, 1.165) is 19.5 Å². The highest BCUT2D eigenvalue weighted by atomic mass is 32.2. The van der Waals surface area contributed by atoms with Gasteiger partial charge in [-0.05, 0) is 18.1 Å². The van der Waals surface area contributed by atoms with Crippen LogP contribution in [0.2, 0.25) is 0 Å². The van der Waals surface area contributed by atoms with Gasteiger partial charge in [-0.15, -0.1) is 11.8 Å². The highest BCUT2D eigenvalue weighted by Crippen LogP contribution is 2.37. The Labute approximate surface area is 105 Å². The molecule has 90 valence electrons. The predicted molar refractivity (Wildman–Crippen MR) is 67.2 cm³/mol. The number of rotatable bonds is 2. The van der Waals surface area contributed by atoms with Crippen molar-refractivity contribution < 1.29 is 9.53 Å². The van der Waals surface area contributed by atoms with Crippen molar-refractivity contribution in [3.05, 3.63) is 29.8 Å². The average molecular weight is 249 g/mol. The number of thioether (sulfide) groups is 1. The highest BCUT2D eigenvalue weighted by molar-refractivity contribution is 8.00. The van der Waals surface area contributed by atoms with Crippen LogP contribution in [-0.2, 0) is 16.0 Å². The van der Waals surface area contributed by atoms with Crippen LogP contribution < -0.4 is 0 Å². The van der Waals surface area contributed by atoms with Crippen LogP contribution >= 0.6 is 11.8 Å². The number of hydrogen-bond acceptors (Lipinski definition) is 3. The Balaban J connectivity index is 1.63. The summed E-state index contributed by atoms with van der Waals surface area (Å²) in [6.45, 7) is 2.52. The predicted octanol–water partition coefficient (Wildman–Crippen LogP) is 1.56. The molecule has 2 aliphatic rings. The molecule has 0 spiro atoms. The number of hydrogen-bond donors (Lipinski definition) is 0. The Morgan fingerprint density at radius 1 is 1.41 bits per heavy atom. The molecule has 0 saturated carbocycles. The minimum Gasteiger partial charge on any atom is -0.370 e. The van der Waals surface area contributed by atoms with Gasteiger partial charge >= 0.3 is 0 Å². The molecule has 1 aromatic rings. The number of morpholine rings is 1. The lowest BCUT2D eigenvalue weighted by molar-refractivity contribution is -0.142. The fourth-order valence-electron chi connectivity index (χ4n) is 2.34. The van der Waals surface area contributed by atoms with Crippen LogP contribution in [0.5, 0.6) is 0 Å². The first-order valence-electron chi connectivity index (χ1n) is 5.93. The van der Waals surface area contributed by atoms with Crippen molar-refractivity contribution in [2.45, 2.75) is 16.6 Å². The third-order valence-corrected chi connectivity index (χ3v) is 4.52. The third-order valence-electron chi connectivity index (χ3n) is 3.22. The summed E-state index contributed by atoms with van der Waals surface area (Å²) in [6.07, 6.45) is 1.07. The van der Waals surface area contributed by atoms with Crippen LogP contribution in [0.3, 0.4) is 0 Å². The first kappa shape index (κ1) is 11.1. The molecule has 4 heteroatoms. The quantitative estimate of drug-likeness (QED) is 0.796. The molecule has 0 aliphatic carbocycles. The van der Waals surface area contributed by atoms with Crippen molar-refractivity contribution in [2.24, 2.45) is 0 Å². The Hall–Kier alpha value is -1.00. The van der Waals surface area contributed by atoms with Crippen LogP contribution in [0.4, 0.5) is 0 Å². The van der Waals surface area contributed by atoms with E-state index >= 15 is 0 Å². The largest absolute Gasteiger partial charge is 0.370 e. The van der Waals surface area contributed by atoms with Gasteiger partial charge in [0, 0.05) is 23.2 Å². The summed E-state index contributed by atoms with van der Waals surface area (Å²) in [4.78, 5) is 15.0. The summed E-state index contributed by atoms with van der Waals surface area (Å²) < 4.78 is 5.14. The second-order valence-electron chi connectivity index (χ2n) is 4.44. The minimum absolute atomic E-state index is 0.132. The number of nitrogens with zero attached hydrogens (tertiary/aromatic N) is 1. The molecule has 1 aromatic carbocycles. The molecule has 3 rings (SSSR count). The normalized spacial score (nSPS) is 23.9. The van der Waals surface area contributed by atoms with Crippen LogP contribution in [-0.4, -0.2) is 42.4 Å². The van der Waals surface area contributed by atoms with Crippen molar-refractivity contribution in [1.82, 2.24) is 4.90 Å². The maximum Gasteiger partial charge on any atom is 0.248 e. The molecular weight excluding hydrogens is 234 g/mol. The van der Waals surface area contributed by atoms with Crippen LogP contribution in [0.25, 0.3) is 0 Å². The lowest BCUT2D eigenvalue weighted by atomic mass is 10.1. The van der Waals surface area contributed by atoms with Crippen LogP contribution in [0.15, 0.2) is 29.2 Å². The lowest BCUT2D eigenvalue weighted by Gasteiger charge is -2.28. The second kappa shape index (κ2) is 4.70. The van der Waals surface area contributed by atoms with E-state index in [1.807, 2.05) is 16.7 Å². The number of carbonyl (C=O) groups is 1. The van der Waals surface area contributed by atoms with Gasteiger partial charge in [0.25, 0.3) is 0 Å². The fourth-order valence-corrected chi connectivity index (χ4v) is 3.68. The summed E-state index contributed by atoms with van der Waals surface area (Å²) in [5, 5.41) is 0.509. The van der Waals surface area contributed by atoms with E-state index in [1.165, 1.54) is 10.5 Å². The molecule has 1 unspecified atom stereocenters. The van der Waals surface area contributed by atoms with Gasteiger partial charge < -0.3 is 9.64 Å². The smallest absolute Gasteiger partial charge is 0.248 e. The van der Waals surface area contributed by atoms with Gasteiger partial charge in [0.2, 0.25) is 5.91 Å². The number of benzene rings is 1. The van der Waals surface area contributed by atoms with Gasteiger partial charge in [-0.1, -0.05) is 18.2 Å². The van der Waals surface area contributed by atoms with Crippen LogP contribution in [0.1, 0.15) is 5.56 Å². The van der Waals surface area contributed by atoms with Crippen molar-refractivity contribution in [3.63, 3.8) is 0 Å². The van der Waals surface area contributed by atoms with Crippen molar-refractivity contribution in [2.75, 3.05) is 26.3 Å². The van der Waals surface area contributed by atoms with Gasteiger partial charge in [-0.3, -0.25) is 4.79 Å². The molecule has 1 saturated heterocycles. The highest BCUT2D eigenvalue weighted by Gasteiger charge is 2.27. The second-order valence-corrected chi connectivity index (χ2v) is 5.79. The number of carbonyl (C=O) groups excluding carboxylic acids is 1. The number of ether oxygens (including phenoxy) is 1. The van der Waals surface area contributed by atoms with Gasteiger partial charge in [-0.25, -0.2) is 0 Å². The Kier molecular flexibility index (Phi) is 3.07. The number of fused-ring (bicyclic) bond motifs is 1. The Morgan fingerprint density at radius 3 is 3.12 bits per heavy atom. The van der Waals surface area contributed by atoms with E-state index in [1.54, 1.807) is 0 Å². The van der Waals surface area contributed by atoms with Crippen molar-refractivity contribution >= 4 is 17.7 Å². The lowest BCUT2D eigenvalue weighted by Crippen LogP contribution is -2.44. The summed E-state index contributed by atoms with van der Waals surface area (Å²) in [7, 11) is 0. The zero-order valence-electron chi connectivity index (χ0n) is 9.59. The van der Waals surface area contributed by atoms with Gasteiger partial charge in [0.15, 0.2) is 0 Å². The van der Waals surface area contributed by atoms with Gasteiger partial charge in [-0.2, -0.15) is 0 Å². The van der Waals surface area contributed by atoms with Crippen molar-refractivity contribution in [3.8, 4) is 0 Å². The van der Waals surface area contributed by atoms with Crippen molar-refractivity contribution in [1.29, 1.82) is 0 Å². The van der Waals surface area contributed by atoms with Gasteiger partial charge in [0.1, 0.15) is 6.61 Å². The topological polar surface area (TPSA) is 29.5 Å². The number of amides is 1. The molecule has 3 nitrogen and oxygen atoms in total. The summed E-state index contributed by atoms with van der Waals surface area (Å²) in [5.41, 5.74) is 1.42. The molecule has 0 radical (unpaired) electrons. The Bertz CT molecular complexity index is 410. The maximum absolute atomic E-state index is 11.6. The van der Waals surface area contributed by atoms with E-state index in [9.17, 15) is 4.79 Å². The minimum atomic E-state index is 0.132. The molecule has 0 N–H and O–H groups in total. The van der Waals surface area contributed by atoms with E-state index in [0.29, 0.717) is 11.9 Å². The van der Waals surface area contributed by atoms with E-state index < -0.39 is 0 Å². The zero-order valence-corrected chi connectivity index (χ0v) is 10.4.